The van der Waals surface area contributed by atoms with Crippen LogP contribution >= 0.6 is 0 Å². The zero-order valence-corrected chi connectivity index (χ0v) is 40.7. The molecule has 1 aliphatic rings. The molecule has 0 amide bonds. The smallest absolute Gasteiger partial charge is 0.0714 e. The van der Waals surface area contributed by atoms with Crippen LogP contribution in [0.1, 0.15) is 22.3 Å². The molecule has 0 radical (unpaired) electrons. The van der Waals surface area contributed by atoms with E-state index >= 15 is 0 Å². The van der Waals surface area contributed by atoms with Crippen LogP contribution < -0.4 is 4.90 Å². The van der Waals surface area contributed by atoms with Crippen LogP contribution in [-0.4, -0.2) is 0 Å². The van der Waals surface area contributed by atoms with Gasteiger partial charge in [0.15, 0.2) is 0 Å². The minimum absolute atomic E-state index is 0.549. The van der Waals surface area contributed by atoms with E-state index in [0.29, 0.717) is 0 Å². The van der Waals surface area contributed by atoms with Crippen LogP contribution in [0.5, 0.6) is 0 Å². The zero-order valence-electron chi connectivity index (χ0n) is 40.7. The Morgan fingerprint density at radius 2 is 0.676 bits per heavy atom. The third-order valence-corrected chi connectivity index (χ3v) is 15.5. The molecule has 0 saturated heterocycles. The van der Waals surface area contributed by atoms with Crippen molar-refractivity contribution in [3.63, 3.8) is 0 Å². The third kappa shape index (κ3) is 7.08. The number of benzene rings is 13. The predicted molar refractivity (Wildman–Crippen MR) is 313 cm³/mol. The van der Waals surface area contributed by atoms with E-state index in [1.807, 2.05) is 0 Å². The van der Waals surface area contributed by atoms with Gasteiger partial charge in [0.05, 0.1) is 5.41 Å². The summed E-state index contributed by atoms with van der Waals surface area (Å²) in [5, 5.41) is 7.41. The summed E-state index contributed by atoms with van der Waals surface area (Å²) in [5.41, 5.74) is 19.9. The molecular weight excluding hydrogens is 891 g/mol. The van der Waals surface area contributed by atoms with Gasteiger partial charge in [-0.05, 0) is 153 Å². The van der Waals surface area contributed by atoms with Gasteiger partial charge in [0.25, 0.3) is 0 Å². The summed E-state index contributed by atoms with van der Waals surface area (Å²) in [6.45, 7) is 0. The molecule has 1 heteroatoms. The molecule has 0 bridgehead atoms. The Bertz CT molecular complexity index is 4160. The second-order valence-corrected chi connectivity index (χ2v) is 19.5. The molecule has 0 N–H and O–H groups in total. The summed E-state index contributed by atoms with van der Waals surface area (Å²) in [6.07, 6.45) is 0. The fourth-order valence-electron chi connectivity index (χ4n) is 12.2. The van der Waals surface area contributed by atoms with Crippen LogP contribution in [0.2, 0.25) is 0 Å². The number of hydrogen-bond donors (Lipinski definition) is 0. The largest absolute Gasteiger partial charge is 0.310 e. The molecule has 74 heavy (non-hydrogen) atoms. The van der Waals surface area contributed by atoms with Gasteiger partial charge in [-0.3, -0.25) is 0 Å². The lowest BCUT2D eigenvalue weighted by molar-refractivity contribution is 0.768. The first kappa shape index (κ1) is 43.2. The summed E-state index contributed by atoms with van der Waals surface area (Å²) in [4.78, 5) is 2.47. The molecule has 13 aromatic rings. The van der Waals surface area contributed by atoms with Crippen molar-refractivity contribution in [1.82, 2.24) is 0 Å². The van der Waals surface area contributed by atoms with Crippen molar-refractivity contribution >= 4 is 49.4 Å². The topological polar surface area (TPSA) is 3.24 Å². The molecule has 0 saturated carbocycles. The minimum atomic E-state index is -0.549. The van der Waals surface area contributed by atoms with Crippen molar-refractivity contribution < 1.29 is 0 Å². The maximum atomic E-state index is 2.48. The first-order valence-corrected chi connectivity index (χ1v) is 25.7. The second-order valence-electron chi connectivity index (χ2n) is 19.5. The Hall–Kier alpha value is -9.56. The normalized spacial score (nSPS) is 12.4. The third-order valence-electron chi connectivity index (χ3n) is 15.5. The van der Waals surface area contributed by atoms with Crippen molar-refractivity contribution in [2.24, 2.45) is 0 Å². The number of hydrogen-bond acceptors (Lipinski definition) is 1. The van der Waals surface area contributed by atoms with Gasteiger partial charge in [0.1, 0.15) is 0 Å². The minimum Gasteiger partial charge on any atom is -0.310 e. The lowest BCUT2D eigenvalue weighted by atomic mass is 9.67. The van der Waals surface area contributed by atoms with Gasteiger partial charge in [-0.25, -0.2) is 0 Å². The molecule has 0 aromatic heterocycles. The van der Waals surface area contributed by atoms with Crippen LogP contribution in [0.15, 0.2) is 297 Å². The molecule has 0 heterocycles. The highest BCUT2D eigenvalue weighted by Crippen LogP contribution is 2.57. The van der Waals surface area contributed by atoms with E-state index in [2.05, 4.69) is 302 Å². The Balaban J connectivity index is 0.984. The Morgan fingerprint density at radius 1 is 0.230 bits per heavy atom. The number of fused-ring (bicyclic) bond motifs is 7. The van der Waals surface area contributed by atoms with Crippen LogP contribution in [0.3, 0.4) is 0 Å². The van der Waals surface area contributed by atoms with E-state index in [1.165, 1.54) is 110 Å². The maximum absolute atomic E-state index is 2.48. The summed E-state index contributed by atoms with van der Waals surface area (Å²) < 4.78 is 0. The lowest BCUT2D eigenvalue weighted by Gasteiger charge is -2.35. The summed E-state index contributed by atoms with van der Waals surface area (Å²) in [7, 11) is 0. The first-order valence-electron chi connectivity index (χ1n) is 25.7. The molecule has 1 nitrogen and oxygen atoms in total. The van der Waals surface area contributed by atoms with Crippen molar-refractivity contribution in [3.8, 4) is 55.6 Å². The summed E-state index contributed by atoms with van der Waals surface area (Å²) >= 11 is 0. The SMILES string of the molecule is c1ccc(-c2c(-c3ccccc3)c3cc(N(c4ccc(-c5ccc(-c6ccc7ccccc7c6)cc5)cc4)c4ccc5c(c4)C(c4ccccc4)(c4ccccc4)c4ccccc4-5)ccc3c3ccccc23)cc1. The molecule has 0 spiro atoms. The van der Waals surface area contributed by atoms with Gasteiger partial charge in [0.2, 0.25) is 0 Å². The number of anilines is 3. The highest BCUT2D eigenvalue weighted by molar-refractivity contribution is 6.22. The van der Waals surface area contributed by atoms with Gasteiger partial charge in [-0.2, -0.15) is 0 Å². The standard InChI is InChI=1S/C73H49N/c1-5-20-54(21-6-1)71-67-31-16-15-29-63(67)64-45-43-61(48-68(64)72(71)55-22-7-2-8-23-55)74(60-41-39-52(40-42-60)51-33-35-53(36-34-51)57-38-37-50-19-13-14-24-56(50)47-57)62-44-46-66-65-30-17-18-32-69(65)73(70(66)49-62,58-25-9-3-10-26-58)59-27-11-4-12-28-59/h1-49H. The van der Waals surface area contributed by atoms with Crippen LogP contribution in [0.4, 0.5) is 17.1 Å². The molecule has 346 valence electrons. The average Bonchev–Trinajstić information content (AvgIpc) is 3.86. The molecule has 0 aliphatic heterocycles. The Kier molecular flexibility index (Phi) is 10.5. The van der Waals surface area contributed by atoms with Crippen molar-refractivity contribution in [3.05, 3.63) is 320 Å². The van der Waals surface area contributed by atoms with Crippen molar-refractivity contribution in [2.45, 2.75) is 5.41 Å². The zero-order chi connectivity index (χ0) is 49.0. The number of nitrogens with zero attached hydrogens (tertiary/aromatic N) is 1. The van der Waals surface area contributed by atoms with Gasteiger partial charge in [-0.15, -0.1) is 0 Å². The van der Waals surface area contributed by atoms with Gasteiger partial charge >= 0.3 is 0 Å². The first-order chi connectivity index (χ1) is 36.7. The Labute approximate surface area is 432 Å². The molecule has 0 fully saturated rings. The van der Waals surface area contributed by atoms with E-state index in [1.54, 1.807) is 0 Å². The molecular formula is C73H49N. The van der Waals surface area contributed by atoms with Gasteiger partial charge in [0, 0.05) is 17.1 Å². The monoisotopic (exact) mass is 939 g/mol. The summed E-state index contributed by atoms with van der Waals surface area (Å²) in [6, 6.07) is 110. The second kappa shape index (κ2) is 17.9. The lowest BCUT2D eigenvalue weighted by Crippen LogP contribution is -2.28. The molecule has 0 unspecified atom stereocenters. The fourth-order valence-corrected chi connectivity index (χ4v) is 12.2. The maximum Gasteiger partial charge on any atom is 0.0714 e. The highest BCUT2D eigenvalue weighted by atomic mass is 15.1. The molecule has 14 rings (SSSR count). The molecule has 0 atom stereocenters. The predicted octanol–water partition coefficient (Wildman–Crippen LogP) is 19.6. The van der Waals surface area contributed by atoms with Crippen LogP contribution in [-0.2, 0) is 5.41 Å². The van der Waals surface area contributed by atoms with Gasteiger partial charge in [-0.1, -0.05) is 255 Å². The van der Waals surface area contributed by atoms with Gasteiger partial charge < -0.3 is 4.90 Å². The molecule has 13 aromatic carbocycles. The van der Waals surface area contributed by atoms with E-state index in [-0.39, 0.29) is 0 Å². The molecule has 1 aliphatic carbocycles. The highest BCUT2D eigenvalue weighted by Gasteiger charge is 2.46. The number of rotatable bonds is 9. The van der Waals surface area contributed by atoms with E-state index in [0.717, 1.165) is 17.1 Å². The fraction of sp³-hybridized carbons (Fsp3) is 0.0137. The van der Waals surface area contributed by atoms with Crippen molar-refractivity contribution in [1.29, 1.82) is 0 Å². The quantitative estimate of drug-likeness (QED) is 0.130. The van der Waals surface area contributed by atoms with Crippen LogP contribution in [0.25, 0.3) is 88.0 Å². The van der Waals surface area contributed by atoms with E-state index < -0.39 is 5.41 Å². The Morgan fingerprint density at radius 3 is 1.34 bits per heavy atom. The van der Waals surface area contributed by atoms with Crippen molar-refractivity contribution in [2.75, 3.05) is 4.90 Å². The summed E-state index contributed by atoms with van der Waals surface area (Å²) in [5.74, 6) is 0. The van der Waals surface area contributed by atoms with E-state index in [4.69, 9.17) is 0 Å². The average molecular weight is 940 g/mol. The van der Waals surface area contributed by atoms with E-state index in [9.17, 15) is 0 Å². The van der Waals surface area contributed by atoms with Crippen LogP contribution in [0, 0.1) is 0 Å².